The third kappa shape index (κ3) is 5.29. The summed E-state index contributed by atoms with van der Waals surface area (Å²) in [5.41, 5.74) is 2.93. The highest BCUT2D eigenvalue weighted by molar-refractivity contribution is 5.99. The Morgan fingerprint density at radius 2 is 1.62 bits per heavy atom. The molecule has 0 saturated heterocycles. The van der Waals surface area contributed by atoms with Crippen LogP contribution in [0.2, 0.25) is 0 Å². The number of fused-ring (bicyclic) bond motifs is 1. The first kappa shape index (κ1) is 21.1. The third-order valence-corrected chi connectivity index (χ3v) is 5.07. The Balaban J connectivity index is 1.39. The van der Waals surface area contributed by atoms with Crippen LogP contribution in [0.15, 0.2) is 91.1 Å². The lowest BCUT2D eigenvalue weighted by Crippen LogP contribution is -2.42. The molecule has 0 saturated carbocycles. The van der Waals surface area contributed by atoms with Crippen LogP contribution in [0.25, 0.3) is 10.9 Å². The second-order valence-corrected chi connectivity index (χ2v) is 7.40. The van der Waals surface area contributed by atoms with Gasteiger partial charge in [0.2, 0.25) is 0 Å². The van der Waals surface area contributed by atoms with Crippen molar-refractivity contribution in [2.24, 2.45) is 0 Å². The van der Waals surface area contributed by atoms with Gasteiger partial charge in [-0.2, -0.15) is 0 Å². The summed E-state index contributed by atoms with van der Waals surface area (Å²) in [6.07, 6.45) is 1.61. The van der Waals surface area contributed by atoms with Crippen molar-refractivity contribution in [1.29, 1.82) is 0 Å². The van der Waals surface area contributed by atoms with Gasteiger partial charge in [0.05, 0.1) is 11.1 Å². The lowest BCUT2D eigenvalue weighted by atomic mass is 10.1. The van der Waals surface area contributed by atoms with Crippen molar-refractivity contribution >= 4 is 22.8 Å². The fraction of sp³-hybridized carbons (Fsp3) is 0.115. The summed E-state index contributed by atoms with van der Waals surface area (Å²) in [4.78, 5) is 28.7. The van der Waals surface area contributed by atoms with Crippen molar-refractivity contribution in [2.75, 3.05) is 0 Å². The fourth-order valence-electron chi connectivity index (χ4n) is 3.34. The molecule has 1 heterocycles. The van der Waals surface area contributed by atoms with E-state index in [1.807, 2.05) is 54.6 Å². The zero-order chi connectivity index (χ0) is 22.3. The number of carbonyl (C=O) groups is 2. The normalized spacial score (nSPS) is 11.6. The van der Waals surface area contributed by atoms with E-state index in [-0.39, 0.29) is 6.42 Å². The standard InChI is InChI=1S/C26H22N2O4/c29-25(21-15-20-8-4-5-9-23(20)27-16-21)28-24(26(30)31)14-18-10-12-22(13-11-18)32-17-19-6-2-1-3-7-19/h1-13,15-16,24H,14,17H2,(H,28,29)(H,30,31)/t24-/m1/s1. The smallest absolute Gasteiger partial charge is 0.326 e. The van der Waals surface area contributed by atoms with Crippen LogP contribution in [0.4, 0.5) is 0 Å². The molecule has 2 N–H and O–H groups in total. The van der Waals surface area contributed by atoms with Crippen LogP contribution in [0.3, 0.4) is 0 Å². The summed E-state index contributed by atoms with van der Waals surface area (Å²) < 4.78 is 5.76. The molecule has 1 amide bonds. The molecular formula is C26H22N2O4. The molecule has 0 aliphatic rings. The molecule has 1 aromatic heterocycles. The van der Waals surface area contributed by atoms with Gasteiger partial charge in [-0.3, -0.25) is 9.78 Å². The number of hydrogen-bond acceptors (Lipinski definition) is 4. The molecule has 3 aromatic carbocycles. The molecule has 0 aliphatic heterocycles. The molecule has 32 heavy (non-hydrogen) atoms. The maximum atomic E-state index is 12.6. The molecule has 0 bridgehead atoms. The number of amides is 1. The summed E-state index contributed by atoms with van der Waals surface area (Å²) in [5.74, 6) is -0.884. The minimum atomic E-state index is -1.10. The summed E-state index contributed by atoms with van der Waals surface area (Å²) in [7, 11) is 0. The van der Waals surface area contributed by atoms with Crippen molar-refractivity contribution in [1.82, 2.24) is 10.3 Å². The van der Waals surface area contributed by atoms with E-state index in [4.69, 9.17) is 4.74 Å². The predicted molar refractivity (Wildman–Crippen MR) is 122 cm³/mol. The zero-order valence-electron chi connectivity index (χ0n) is 17.3. The van der Waals surface area contributed by atoms with E-state index in [1.54, 1.807) is 30.3 Å². The van der Waals surface area contributed by atoms with Crippen LogP contribution in [-0.4, -0.2) is 28.0 Å². The van der Waals surface area contributed by atoms with Gasteiger partial charge >= 0.3 is 5.97 Å². The minimum Gasteiger partial charge on any atom is -0.489 e. The van der Waals surface area contributed by atoms with E-state index in [9.17, 15) is 14.7 Å². The Morgan fingerprint density at radius 1 is 0.906 bits per heavy atom. The first-order valence-electron chi connectivity index (χ1n) is 10.2. The molecule has 4 rings (SSSR count). The number of rotatable bonds is 8. The number of ether oxygens (including phenoxy) is 1. The van der Waals surface area contributed by atoms with Crippen molar-refractivity contribution in [2.45, 2.75) is 19.1 Å². The summed E-state index contributed by atoms with van der Waals surface area (Å²) in [6, 6.07) is 25.1. The minimum absolute atomic E-state index is 0.154. The lowest BCUT2D eigenvalue weighted by Gasteiger charge is -2.15. The number of carboxylic acid groups (broad SMARTS) is 1. The van der Waals surface area contributed by atoms with Gasteiger partial charge in [-0.05, 0) is 35.4 Å². The van der Waals surface area contributed by atoms with Crippen LogP contribution in [-0.2, 0) is 17.8 Å². The van der Waals surface area contributed by atoms with Crippen molar-refractivity contribution in [3.05, 3.63) is 108 Å². The molecule has 0 unspecified atom stereocenters. The molecule has 6 nitrogen and oxygen atoms in total. The summed E-state index contributed by atoms with van der Waals surface area (Å²) in [6.45, 7) is 0.452. The number of nitrogens with zero attached hydrogens (tertiary/aromatic N) is 1. The summed E-state index contributed by atoms with van der Waals surface area (Å²) in [5, 5.41) is 13.0. The highest BCUT2D eigenvalue weighted by Gasteiger charge is 2.21. The van der Waals surface area contributed by atoms with Crippen molar-refractivity contribution in [3.63, 3.8) is 0 Å². The fourth-order valence-corrected chi connectivity index (χ4v) is 3.34. The number of hydrogen-bond donors (Lipinski definition) is 2. The SMILES string of the molecule is O=C(N[C@H](Cc1ccc(OCc2ccccc2)cc1)C(=O)O)c1cnc2ccccc2c1. The van der Waals surface area contributed by atoms with Crippen LogP contribution in [0.5, 0.6) is 5.75 Å². The van der Waals surface area contributed by atoms with E-state index in [1.165, 1.54) is 6.20 Å². The molecule has 6 heteroatoms. The quantitative estimate of drug-likeness (QED) is 0.440. The molecule has 0 fully saturated rings. The number of pyridine rings is 1. The first-order valence-corrected chi connectivity index (χ1v) is 10.2. The van der Waals surface area contributed by atoms with Gasteiger partial charge in [0, 0.05) is 18.0 Å². The molecule has 0 spiro atoms. The van der Waals surface area contributed by atoms with Gasteiger partial charge in [-0.25, -0.2) is 4.79 Å². The van der Waals surface area contributed by atoms with Crippen LogP contribution in [0, 0.1) is 0 Å². The maximum Gasteiger partial charge on any atom is 0.326 e. The van der Waals surface area contributed by atoms with Crippen molar-refractivity contribution < 1.29 is 19.4 Å². The number of carboxylic acids is 1. The molecule has 4 aromatic rings. The second-order valence-electron chi connectivity index (χ2n) is 7.40. The van der Waals surface area contributed by atoms with Crippen molar-refractivity contribution in [3.8, 4) is 5.75 Å². The maximum absolute atomic E-state index is 12.6. The largest absolute Gasteiger partial charge is 0.489 e. The Morgan fingerprint density at radius 3 is 2.38 bits per heavy atom. The molecule has 1 atom stereocenters. The Bertz CT molecular complexity index is 1220. The summed E-state index contributed by atoms with van der Waals surface area (Å²) >= 11 is 0. The van der Waals surface area contributed by atoms with E-state index < -0.39 is 17.9 Å². The molecular weight excluding hydrogens is 404 g/mol. The molecule has 0 radical (unpaired) electrons. The van der Waals surface area contributed by atoms with E-state index in [0.717, 1.165) is 22.0 Å². The van der Waals surface area contributed by atoms with Gasteiger partial charge in [0.25, 0.3) is 5.91 Å². The third-order valence-electron chi connectivity index (χ3n) is 5.07. The van der Waals surface area contributed by atoms with Crippen LogP contribution >= 0.6 is 0 Å². The van der Waals surface area contributed by atoms with Gasteiger partial charge in [-0.15, -0.1) is 0 Å². The topological polar surface area (TPSA) is 88.5 Å². The molecule has 160 valence electrons. The number of aliphatic carboxylic acids is 1. The number of para-hydroxylation sites is 1. The van der Waals surface area contributed by atoms with Crippen LogP contribution in [0.1, 0.15) is 21.5 Å². The molecule has 0 aliphatic carbocycles. The number of benzene rings is 3. The Kier molecular flexibility index (Phi) is 6.41. The van der Waals surface area contributed by atoms with E-state index >= 15 is 0 Å². The zero-order valence-corrected chi connectivity index (χ0v) is 17.3. The van der Waals surface area contributed by atoms with Gasteiger partial charge in [-0.1, -0.05) is 60.7 Å². The first-order chi connectivity index (χ1) is 15.6. The number of carbonyl (C=O) groups excluding carboxylic acids is 1. The number of aromatic nitrogens is 1. The van der Waals surface area contributed by atoms with Gasteiger partial charge < -0.3 is 15.2 Å². The lowest BCUT2D eigenvalue weighted by molar-refractivity contribution is -0.139. The second kappa shape index (κ2) is 9.75. The van der Waals surface area contributed by atoms with Gasteiger partial charge in [0.15, 0.2) is 0 Å². The highest BCUT2D eigenvalue weighted by atomic mass is 16.5. The Hall–Kier alpha value is -4.19. The van der Waals surface area contributed by atoms with E-state index in [0.29, 0.717) is 17.9 Å². The Labute approximate surface area is 185 Å². The monoisotopic (exact) mass is 426 g/mol. The predicted octanol–water partition coefficient (Wildman–Crippen LogP) is 4.24. The average Bonchev–Trinajstić information content (AvgIpc) is 2.83. The van der Waals surface area contributed by atoms with Gasteiger partial charge in [0.1, 0.15) is 18.4 Å². The van der Waals surface area contributed by atoms with E-state index in [2.05, 4.69) is 10.3 Å². The van der Waals surface area contributed by atoms with Crippen LogP contribution < -0.4 is 10.1 Å². The average molecular weight is 426 g/mol. The number of nitrogens with one attached hydrogen (secondary N) is 1. The highest BCUT2D eigenvalue weighted by Crippen LogP contribution is 2.16.